The number of carbonyl (C=O) groups excluding carboxylic acids is 2. The molecule has 0 rings (SSSR count). The predicted molar refractivity (Wildman–Crippen MR) is 246 cm³/mol. The third-order valence-corrected chi connectivity index (χ3v) is 11.1. The van der Waals surface area contributed by atoms with Gasteiger partial charge in [-0.3, -0.25) is 9.59 Å². The fourth-order valence-corrected chi connectivity index (χ4v) is 7.27. The molecule has 0 saturated heterocycles. The van der Waals surface area contributed by atoms with Gasteiger partial charge in [0.05, 0.1) is 25.4 Å². The first-order chi connectivity index (χ1) is 28.0. The highest BCUT2D eigenvalue weighted by Gasteiger charge is 2.18. The van der Waals surface area contributed by atoms with Crippen LogP contribution in [0.25, 0.3) is 0 Å². The number of aliphatic hydroxyl groups excluding tert-OH is 2. The fraction of sp³-hybridized carbons (Fsp3) is 0.843. The van der Waals surface area contributed by atoms with E-state index < -0.39 is 12.1 Å². The van der Waals surface area contributed by atoms with Crippen molar-refractivity contribution in [2.45, 2.75) is 264 Å². The molecule has 0 radical (unpaired) electrons. The van der Waals surface area contributed by atoms with Crippen molar-refractivity contribution in [1.82, 2.24) is 5.32 Å². The predicted octanol–water partition coefficient (Wildman–Crippen LogP) is 14.5. The van der Waals surface area contributed by atoms with Crippen LogP contribution in [0.15, 0.2) is 36.5 Å². The molecule has 0 spiro atoms. The highest BCUT2D eigenvalue weighted by molar-refractivity contribution is 5.76. The molecule has 0 aromatic carbocycles. The van der Waals surface area contributed by atoms with Crippen LogP contribution in [0.3, 0.4) is 0 Å². The molecule has 3 N–H and O–H groups in total. The number of rotatable bonds is 45. The van der Waals surface area contributed by atoms with Gasteiger partial charge in [-0.05, 0) is 83.5 Å². The van der Waals surface area contributed by atoms with E-state index in [2.05, 4.69) is 43.5 Å². The molecule has 2 unspecified atom stereocenters. The molecular weight excluding hydrogens is 707 g/mol. The van der Waals surface area contributed by atoms with Gasteiger partial charge in [0.25, 0.3) is 0 Å². The lowest BCUT2D eigenvalue weighted by atomic mass is 10.0. The summed E-state index contributed by atoms with van der Waals surface area (Å²) in [6.45, 7) is 4.82. The van der Waals surface area contributed by atoms with E-state index in [4.69, 9.17) is 4.74 Å². The number of carbonyl (C=O) groups is 2. The topological polar surface area (TPSA) is 95.9 Å². The number of esters is 1. The van der Waals surface area contributed by atoms with E-state index in [1.165, 1.54) is 154 Å². The molecule has 0 fully saturated rings. The maximum absolute atomic E-state index is 12.4. The molecule has 57 heavy (non-hydrogen) atoms. The number of allylic oxidation sites excluding steroid dienone is 5. The summed E-state index contributed by atoms with van der Waals surface area (Å²) in [5.41, 5.74) is 0. The van der Waals surface area contributed by atoms with Gasteiger partial charge < -0.3 is 20.3 Å². The third kappa shape index (κ3) is 43.5. The summed E-state index contributed by atoms with van der Waals surface area (Å²) in [7, 11) is 0. The smallest absolute Gasteiger partial charge is 0.305 e. The normalized spacial score (nSPS) is 13.0. The Hall–Kier alpha value is -1.92. The van der Waals surface area contributed by atoms with Crippen LogP contribution in [0.5, 0.6) is 0 Å². The minimum absolute atomic E-state index is 0.0249. The van der Waals surface area contributed by atoms with E-state index in [0.717, 1.165) is 70.6 Å². The van der Waals surface area contributed by atoms with Crippen molar-refractivity contribution in [3.05, 3.63) is 36.5 Å². The molecule has 0 saturated carbocycles. The summed E-state index contributed by atoms with van der Waals surface area (Å²) in [5, 5.41) is 23.0. The molecule has 0 bridgehead atoms. The van der Waals surface area contributed by atoms with Crippen molar-refractivity contribution in [3.8, 4) is 0 Å². The number of hydrogen-bond acceptors (Lipinski definition) is 5. The molecule has 1 amide bonds. The SMILES string of the molecule is CCCCC/C=C\CCCCCCCC(=O)OCCCCCCCC/C=C\CCCCCC(=O)NC(CO)C(O)/C=C/CCCCCCCCCCCCCCC. The number of aliphatic hydroxyl groups is 2. The summed E-state index contributed by atoms with van der Waals surface area (Å²) in [6.07, 6.45) is 55.6. The number of ether oxygens (including phenoxy) is 1. The van der Waals surface area contributed by atoms with Crippen LogP contribution in [0.1, 0.15) is 251 Å². The summed E-state index contributed by atoms with van der Waals surface area (Å²) >= 11 is 0. The molecule has 334 valence electrons. The maximum Gasteiger partial charge on any atom is 0.305 e. The Morgan fingerprint density at radius 1 is 0.474 bits per heavy atom. The first-order valence-corrected chi connectivity index (χ1v) is 24.8. The van der Waals surface area contributed by atoms with Crippen molar-refractivity contribution >= 4 is 11.9 Å². The monoisotopic (exact) mass is 802 g/mol. The molecule has 2 atom stereocenters. The van der Waals surface area contributed by atoms with E-state index in [1.54, 1.807) is 6.08 Å². The van der Waals surface area contributed by atoms with Crippen LogP contribution in [-0.2, 0) is 14.3 Å². The molecule has 0 heterocycles. The number of nitrogens with one attached hydrogen (secondary N) is 1. The van der Waals surface area contributed by atoms with Gasteiger partial charge in [-0.25, -0.2) is 0 Å². The summed E-state index contributed by atoms with van der Waals surface area (Å²) in [4.78, 5) is 24.4. The van der Waals surface area contributed by atoms with Crippen LogP contribution in [0, 0.1) is 0 Å². The van der Waals surface area contributed by atoms with E-state index in [-0.39, 0.29) is 18.5 Å². The van der Waals surface area contributed by atoms with Gasteiger partial charge in [-0.2, -0.15) is 0 Å². The van der Waals surface area contributed by atoms with Crippen molar-refractivity contribution in [1.29, 1.82) is 0 Å². The zero-order valence-corrected chi connectivity index (χ0v) is 37.8. The molecule has 0 aliphatic rings. The minimum atomic E-state index is -0.861. The Morgan fingerprint density at radius 2 is 0.825 bits per heavy atom. The van der Waals surface area contributed by atoms with Crippen LogP contribution in [0.4, 0.5) is 0 Å². The Morgan fingerprint density at radius 3 is 1.30 bits per heavy atom. The Kier molecular flexibility index (Phi) is 45.2. The van der Waals surface area contributed by atoms with Crippen molar-refractivity contribution in [2.75, 3.05) is 13.2 Å². The third-order valence-electron chi connectivity index (χ3n) is 11.1. The van der Waals surface area contributed by atoms with E-state index in [1.807, 2.05) is 6.08 Å². The second-order valence-electron chi connectivity index (χ2n) is 16.8. The van der Waals surface area contributed by atoms with Crippen LogP contribution >= 0.6 is 0 Å². The molecular formula is C51H95NO5. The van der Waals surface area contributed by atoms with Gasteiger partial charge in [0.2, 0.25) is 5.91 Å². The molecule has 0 aromatic heterocycles. The summed E-state index contributed by atoms with van der Waals surface area (Å²) in [6, 6.07) is -0.648. The molecule has 6 nitrogen and oxygen atoms in total. The average molecular weight is 802 g/mol. The van der Waals surface area contributed by atoms with Gasteiger partial charge in [0, 0.05) is 12.8 Å². The first-order valence-electron chi connectivity index (χ1n) is 24.8. The Labute approximate surface area is 353 Å². The average Bonchev–Trinajstić information content (AvgIpc) is 3.21. The molecule has 0 aromatic rings. The van der Waals surface area contributed by atoms with Gasteiger partial charge >= 0.3 is 5.97 Å². The van der Waals surface area contributed by atoms with E-state index >= 15 is 0 Å². The standard InChI is InChI=1S/C51H95NO5/c1-3-5-7-9-11-13-15-17-18-20-23-27-31-35-39-43-49(54)48(47-53)52-50(55)44-40-36-32-28-24-21-19-22-26-30-34-38-42-46-57-51(56)45-41-37-33-29-25-16-14-12-10-8-6-4-2/h12,14,21,24,39,43,48-49,53-54H,3-11,13,15-20,22-23,25-38,40-42,44-47H2,1-2H3,(H,52,55)/b14-12-,24-21-,43-39+. The Balaban J connectivity index is 3.56. The van der Waals surface area contributed by atoms with Gasteiger partial charge in [0.15, 0.2) is 0 Å². The quantitative estimate of drug-likeness (QED) is 0.0324. The molecule has 0 aliphatic carbocycles. The highest BCUT2D eigenvalue weighted by atomic mass is 16.5. The maximum atomic E-state index is 12.4. The first kappa shape index (κ1) is 55.1. The van der Waals surface area contributed by atoms with Crippen molar-refractivity contribution < 1.29 is 24.5 Å². The second kappa shape index (κ2) is 46.8. The zero-order chi connectivity index (χ0) is 41.5. The number of unbranched alkanes of at least 4 members (excludes halogenated alkanes) is 30. The number of hydrogen-bond donors (Lipinski definition) is 3. The highest BCUT2D eigenvalue weighted by Crippen LogP contribution is 2.14. The van der Waals surface area contributed by atoms with Crippen LogP contribution < -0.4 is 5.32 Å². The Bertz CT molecular complexity index is 931. The lowest BCUT2D eigenvalue weighted by Gasteiger charge is -2.19. The largest absolute Gasteiger partial charge is 0.466 e. The van der Waals surface area contributed by atoms with Gasteiger partial charge in [-0.1, -0.05) is 192 Å². The molecule has 6 heteroatoms. The molecule has 0 aliphatic heterocycles. The van der Waals surface area contributed by atoms with Gasteiger partial charge in [0.1, 0.15) is 0 Å². The van der Waals surface area contributed by atoms with Gasteiger partial charge in [-0.15, -0.1) is 0 Å². The van der Waals surface area contributed by atoms with Crippen LogP contribution in [0.2, 0.25) is 0 Å². The lowest BCUT2D eigenvalue weighted by Crippen LogP contribution is -2.45. The van der Waals surface area contributed by atoms with Crippen molar-refractivity contribution in [2.24, 2.45) is 0 Å². The van der Waals surface area contributed by atoms with E-state index in [9.17, 15) is 19.8 Å². The fourth-order valence-electron chi connectivity index (χ4n) is 7.27. The van der Waals surface area contributed by atoms with Crippen LogP contribution in [-0.4, -0.2) is 47.4 Å². The van der Waals surface area contributed by atoms with E-state index in [0.29, 0.717) is 19.4 Å². The zero-order valence-electron chi connectivity index (χ0n) is 37.8. The van der Waals surface area contributed by atoms with Crippen molar-refractivity contribution in [3.63, 3.8) is 0 Å². The number of amides is 1. The second-order valence-corrected chi connectivity index (χ2v) is 16.8. The minimum Gasteiger partial charge on any atom is -0.466 e. The lowest BCUT2D eigenvalue weighted by molar-refractivity contribution is -0.143. The summed E-state index contributed by atoms with van der Waals surface area (Å²) < 4.78 is 5.43. The summed E-state index contributed by atoms with van der Waals surface area (Å²) in [5.74, 6) is -0.124.